The number of fused-ring (bicyclic) bond motifs is 10. The number of imidazole rings is 1. The Kier molecular flexibility index (Phi) is 5.33. The van der Waals surface area contributed by atoms with Crippen molar-refractivity contribution in [1.82, 2.24) is 14.9 Å². The van der Waals surface area contributed by atoms with Crippen LogP contribution in [-0.2, 0) is 9.53 Å². The number of carbonyl (C=O) groups excluding carboxylic acids is 2. The van der Waals surface area contributed by atoms with Gasteiger partial charge in [0.2, 0.25) is 0 Å². The summed E-state index contributed by atoms with van der Waals surface area (Å²) in [6, 6.07) is 8.15. The topological polar surface area (TPSA) is 95.5 Å². The molecule has 7 nitrogen and oxygen atoms in total. The largest absolute Gasteiger partial charge is 0.508 e. The lowest BCUT2D eigenvalue weighted by atomic mass is 9.79. The quantitative estimate of drug-likeness (QED) is 0.353. The number of hydrogen-bond donors (Lipinski definition) is 2. The molecule has 41 heavy (non-hydrogen) atoms. The van der Waals surface area contributed by atoms with Crippen LogP contribution in [0, 0.1) is 0 Å². The summed E-state index contributed by atoms with van der Waals surface area (Å²) in [5.41, 5.74) is 8.57. The lowest BCUT2D eigenvalue weighted by Gasteiger charge is -2.27. The van der Waals surface area contributed by atoms with Crippen LogP contribution in [0.1, 0.15) is 124 Å². The van der Waals surface area contributed by atoms with Gasteiger partial charge in [0, 0.05) is 29.5 Å². The zero-order valence-electron chi connectivity index (χ0n) is 24.0. The first kappa shape index (κ1) is 25.1. The van der Waals surface area contributed by atoms with E-state index in [2.05, 4.69) is 23.2 Å². The number of H-pyrrole nitrogens is 1. The van der Waals surface area contributed by atoms with Gasteiger partial charge >= 0.3 is 6.09 Å². The van der Waals surface area contributed by atoms with Gasteiger partial charge in [0.15, 0.2) is 0 Å². The molecule has 4 aliphatic carbocycles. The molecular weight excluding hydrogens is 514 g/mol. The van der Waals surface area contributed by atoms with E-state index < -0.39 is 5.60 Å². The number of aromatic amines is 1. The van der Waals surface area contributed by atoms with Crippen molar-refractivity contribution < 1.29 is 19.4 Å². The number of benzene rings is 2. The smallest absolute Gasteiger partial charge is 0.410 e. The summed E-state index contributed by atoms with van der Waals surface area (Å²) in [5.74, 6) is 2.35. The molecule has 1 aliphatic heterocycles. The van der Waals surface area contributed by atoms with Crippen LogP contribution in [0.3, 0.4) is 0 Å². The number of nitrogens with zero attached hydrogens (tertiary/aromatic N) is 2. The Morgan fingerprint density at radius 3 is 2.34 bits per heavy atom. The van der Waals surface area contributed by atoms with Gasteiger partial charge in [0.1, 0.15) is 23.0 Å². The molecule has 1 saturated heterocycles. The van der Waals surface area contributed by atoms with Gasteiger partial charge < -0.3 is 14.8 Å². The van der Waals surface area contributed by atoms with Crippen LogP contribution < -0.4 is 0 Å². The Morgan fingerprint density at radius 2 is 1.59 bits per heavy atom. The number of phenolic OH excluding ortho intramolecular Hbond substituents is 1. The van der Waals surface area contributed by atoms with E-state index in [4.69, 9.17) is 9.72 Å². The third kappa shape index (κ3) is 3.66. The van der Waals surface area contributed by atoms with E-state index in [0.717, 1.165) is 66.7 Å². The summed E-state index contributed by atoms with van der Waals surface area (Å²) in [5, 5.41) is 10.8. The lowest BCUT2D eigenvalue weighted by molar-refractivity contribution is -0.119. The van der Waals surface area contributed by atoms with Crippen LogP contribution in [0.4, 0.5) is 4.79 Å². The van der Waals surface area contributed by atoms with E-state index >= 15 is 0 Å². The van der Waals surface area contributed by atoms with Gasteiger partial charge in [-0.15, -0.1) is 0 Å². The molecule has 0 spiro atoms. The number of aromatic nitrogens is 2. The minimum atomic E-state index is -0.552. The average Bonchev–Trinajstić information content (AvgIpc) is 3.78. The summed E-state index contributed by atoms with van der Waals surface area (Å²) < 4.78 is 5.68. The molecule has 1 aromatic heterocycles. The molecular formula is C34H37N3O4. The summed E-state index contributed by atoms with van der Waals surface area (Å²) in [6.07, 6.45) is 8.55. The molecule has 4 unspecified atom stereocenters. The zero-order chi connectivity index (χ0) is 28.2. The number of ketones is 1. The molecule has 2 heterocycles. The van der Waals surface area contributed by atoms with Crippen molar-refractivity contribution in [2.24, 2.45) is 0 Å². The highest BCUT2D eigenvalue weighted by atomic mass is 16.6. The van der Waals surface area contributed by atoms with Gasteiger partial charge in [-0.25, -0.2) is 9.78 Å². The monoisotopic (exact) mass is 551 g/mol. The molecule has 1 amide bonds. The van der Waals surface area contributed by atoms with E-state index in [0.29, 0.717) is 29.9 Å². The number of rotatable bonds is 3. The van der Waals surface area contributed by atoms with E-state index in [1.54, 1.807) is 4.90 Å². The molecule has 5 aliphatic rings. The van der Waals surface area contributed by atoms with Gasteiger partial charge in [0.25, 0.3) is 0 Å². The second-order valence-corrected chi connectivity index (χ2v) is 13.8. The first-order chi connectivity index (χ1) is 19.7. The third-order valence-electron chi connectivity index (χ3n) is 10.3. The van der Waals surface area contributed by atoms with E-state index in [1.165, 1.54) is 28.7 Å². The van der Waals surface area contributed by atoms with Gasteiger partial charge in [0.05, 0.1) is 17.9 Å². The molecule has 2 N–H and O–H groups in total. The molecule has 7 heteroatoms. The van der Waals surface area contributed by atoms with Crippen molar-refractivity contribution in [3.05, 3.63) is 58.5 Å². The van der Waals surface area contributed by atoms with Gasteiger partial charge in [-0.3, -0.25) is 9.69 Å². The average molecular weight is 552 g/mol. The number of aromatic hydroxyl groups is 1. The number of amides is 1. The minimum Gasteiger partial charge on any atom is -0.508 e. The number of ether oxygens (including phenoxy) is 1. The second kappa shape index (κ2) is 8.70. The van der Waals surface area contributed by atoms with Crippen molar-refractivity contribution in [3.63, 3.8) is 0 Å². The number of likely N-dealkylation sites (tertiary alicyclic amines) is 1. The molecule has 8 rings (SSSR count). The van der Waals surface area contributed by atoms with Crippen molar-refractivity contribution in [3.8, 4) is 28.1 Å². The van der Waals surface area contributed by atoms with Crippen molar-refractivity contribution in [2.75, 3.05) is 6.54 Å². The van der Waals surface area contributed by atoms with Crippen molar-refractivity contribution >= 4 is 11.9 Å². The van der Waals surface area contributed by atoms with Gasteiger partial charge in [-0.2, -0.15) is 0 Å². The number of nitrogens with one attached hydrogen (secondary N) is 1. The van der Waals surface area contributed by atoms with Crippen LogP contribution in [-0.4, -0.2) is 44.0 Å². The highest BCUT2D eigenvalue weighted by Crippen LogP contribution is 2.61. The number of Topliss-reactive ketones (excluding diaryl/α,β-unsaturated/α-hetero) is 1. The Labute approximate surface area is 240 Å². The molecule has 2 saturated carbocycles. The highest BCUT2D eigenvalue weighted by Gasteiger charge is 2.49. The molecule has 4 bridgehead atoms. The maximum absolute atomic E-state index is 13.5. The standard InChI is InChI=1S/C34H37N3O4/c1-34(2,3)41-33(40)37-14-4-5-25(37)32-35-16-24(36-32)21-9-8-20(29-22-10-11-23(30(21)29)31(22)39)19-12-13-26(38)28-18-7-6-17(15-18)27(19)28/h8-9,12-13,16-18,22-23,25,38H,4-7,10-11,14-15H2,1-3H3,(H,35,36)/t17?,18?,22?,23?,25-/m0/s1. The van der Waals surface area contributed by atoms with Crippen LogP contribution in [0.2, 0.25) is 0 Å². The molecule has 2 aromatic carbocycles. The SMILES string of the molecule is CC(C)(C)OC(=O)N1CCC[C@H]1c1ncc(-c2ccc(-c3ccc(O)c4c3C3CCC4C3)c3c2C2CCC3C2=O)[nH]1. The fraction of sp³-hybridized carbons (Fsp3) is 0.500. The Bertz CT molecular complexity index is 1610. The number of hydrogen-bond acceptors (Lipinski definition) is 5. The Balaban J connectivity index is 1.20. The van der Waals surface area contributed by atoms with Crippen molar-refractivity contribution in [1.29, 1.82) is 0 Å². The fourth-order valence-corrected chi connectivity index (χ4v) is 8.76. The minimum absolute atomic E-state index is 0.0622. The third-order valence-corrected chi connectivity index (χ3v) is 10.3. The molecule has 212 valence electrons. The van der Waals surface area contributed by atoms with E-state index in [9.17, 15) is 14.7 Å². The van der Waals surface area contributed by atoms with Crippen LogP contribution >= 0.6 is 0 Å². The van der Waals surface area contributed by atoms with Crippen molar-refractivity contribution in [2.45, 2.75) is 101 Å². The Hall–Kier alpha value is -3.61. The predicted molar refractivity (Wildman–Crippen MR) is 155 cm³/mol. The summed E-state index contributed by atoms with van der Waals surface area (Å²) in [6.45, 7) is 6.31. The molecule has 3 fully saturated rings. The predicted octanol–water partition coefficient (Wildman–Crippen LogP) is 7.43. The maximum atomic E-state index is 13.5. The first-order valence-electron chi connectivity index (χ1n) is 15.3. The second-order valence-electron chi connectivity index (χ2n) is 13.8. The molecule has 5 atom stereocenters. The Morgan fingerprint density at radius 1 is 0.927 bits per heavy atom. The maximum Gasteiger partial charge on any atom is 0.410 e. The summed E-state index contributed by atoms with van der Waals surface area (Å²) in [7, 11) is 0. The van der Waals surface area contributed by atoms with Crippen LogP contribution in [0.25, 0.3) is 22.4 Å². The molecule has 0 radical (unpaired) electrons. The van der Waals surface area contributed by atoms with Gasteiger partial charge in [-0.1, -0.05) is 18.2 Å². The van der Waals surface area contributed by atoms with E-state index in [-0.39, 0.29) is 24.0 Å². The van der Waals surface area contributed by atoms with Crippen LogP contribution in [0.5, 0.6) is 5.75 Å². The lowest BCUT2D eigenvalue weighted by Crippen LogP contribution is -2.36. The first-order valence-corrected chi connectivity index (χ1v) is 15.3. The van der Waals surface area contributed by atoms with Crippen LogP contribution in [0.15, 0.2) is 30.5 Å². The summed E-state index contributed by atoms with van der Waals surface area (Å²) >= 11 is 0. The van der Waals surface area contributed by atoms with E-state index in [1.807, 2.05) is 33.0 Å². The number of carbonyl (C=O) groups is 2. The summed E-state index contributed by atoms with van der Waals surface area (Å²) in [4.78, 5) is 36.5. The highest BCUT2D eigenvalue weighted by molar-refractivity contribution is 6.03. The van der Waals surface area contributed by atoms with Gasteiger partial charge in [-0.05, 0) is 111 Å². The molecule has 3 aromatic rings. The zero-order valence-corrected chi connectivity index (χ0v) is 24.0. The fourth-order valence-electron chi connectivity index (χ4n) is 8.76. The number of phenols is 1. The normalized spacial score (nSPS) is 27.5.